The molecule has 2 rings (SSSR count). The molecule has 0 saturated heterocycles. The molecule has 0 atom stereocenters. The number of rotatable bonds is 6. The molecule has 102 valence electrons. The Bertz CT molecular complexity index is 543. The molecule has 0 fully saturated rings. The highest BCUT2D eigenvalue weighted by Gasteiger charge is 2.08. The average molecular weight is 326 g/mol. The van der Waals surface area contributed by atoms with E-state index < -0.39 is 0 Å². The Kier molecular flexibility index (Phi) is 5.00. The van der Waals surface area contributed by atoms with E-state index in [-0.39, 0.29) is 0 Å². The van der Waals surface area contributed by atoms with Crippen molar-refractivity contribution in [2.24, 2.45) is 0 Å². The van der Waals surface area contributed by atoms with E-state index in [0.717, 1.165) is 22.5 Å². The molecule has 19 heavy (non-hydrogen) atoms. The fourth-order valence-corrected chi connectivity index (χ4v) is 1.97. The molecule has 7 heteroatoms. The Morgan fingerprint density at radius 3 is 3.00 bits per heavy atom. The quantitative estimate of drug-likeness (QED) is 0.815. The standard InChI is InChI=1S/C12H16BrN5O/c1-9-3-4-10(7-11(9)13)18-12(15-16-17-18)8-14-5-6-19-2/h3-4,7,14H,5-6,8H2,1-2H3. The van der Waals surface area contributed by atoms with E-state index in [1.807, 2.05) is 25.1 Å². The number of hydrogen-bond acceptors (Lipinski definition) is 5. The van der Waals surface area contributed by atoms with Gasteiger partial charge in [-0.3, -0.25) is 0 Å². The predicted molar refractivity (Wildman–Crippen MR) is 75.2 cm³/mol. The minimum atomic E-state index is 0.599. The normalized spacial score (nSPS) is 10.9. The van der Waals surface area contributed by atoms with Gasteiger partial charge in [-0.05, 0) is 35.0 Å². The predicted octanol–water partition coefficient (Wildman–Crippen LogP) is 1.47. The molecule has 0 amide bonds. The van der Waals surface area contributed by atoms with E-state index >= 15 is 0 Å². The summed E-state index contributed by atoms with van der Waals surface area (Å²) in [5.74, 6) is 0.770. The lowest BCUT2D eigenvalue weighted by Gasteiger charge is -2.07. The molecule has 0 aliphatic rings. The molecule has 1 heterocycles. The van der Waals surface area contributed by atoms with Gasteiger partial charge in [-0.1, -0.05) is 22.0 Å². The molecule has 6 nitrogen and oxygen atoms in total. The van der Waals surface area contributed by atoms with Gasteiger partial charge in [0.15, 0.2) is 5.82 Å². The molecule has 0 radical (unpaired) electrons. The highest BCUT2D eigenvalue weighted by molar-refractivity contribution is 9.10. The molecule has 1 aromatic carbocycles. The van der Waals surface area contributed by atoms with Crippen LogP contribution in [0.2, 0.25) is 0 Å². The van der Waals surface area contributed by atoms with Crippen molar-refractivity contribution in [3.05, 3.63) is 34.1 Å². The van der Waals surface area contributed by atoms with Crippen LogP contribution in [0.4, 0.5) is 0 Å². The van der Waals surface area contributed by atoms with Gasteiger partial charge in [-0.25, -0.2) is 0 Å². The number of tetrazole rings is 1. The topological polar surface area (TPSA) is 64.9 Å². The van der Waals surface area contributed by atoms with E-state index in [9.17, 15) is 0 Å². The number of aromatic nitrogens is 4. The van der Waals surface area contributed by atoms with E-state index in [2.05, 4.69) is 36.8 Å². The van der Waals surface area contributed by atoms with Gasteiger partial charge in [0.2, 0.25) is 0 Å². The third-order valence-electron chi connectivity index (χ3n) is 2.70. The summed E-state index contributed by atoms with van der Waals surface area (Å²) in [6, 6.07) is 6.03. The van der Waals surface area contributed by atoms with Crippen LogP contribution >= 0.6 is 15.9 Å². The van der Waals surface area contributed by atoms with Crippen molar-refractivity contribution in [3.63, 3.8) is 0 Å². The van der Waals surface area contributed by atoms with Gasteiger partial charge in [0.1, 0.15) is 0 Å². The zero-order chi connectivity index (χ0) is 13.7. The van der Waals surface area contributed by atoms with Gasteiger partial charge >= 0.3 is 0 Å². The first-order chi connectivity index (χ1) is 9.22. The first-order valence-corrected chi connectivity index (χ1v) is 6.75. The summed E-state index contributed by atoms with van der Waals surface area (Å²) in [7, 11) is 1.68. The molecule has 2 aromatic rings. The zero-order valence-corrected chi connectivity index (χ0v) is 12.5. The SMILES string of the molecule is COCCNCc1nnnn1-c1ccc(C)c(Br)c1. The van der Waals surface area contributed by atoms with Gasteiger partial charge in [0.05, 0.1) is 18.8 Å². The van der Waals surface area contributed by atoms with Crippen LogP contribution < -0.4 is 5.32 Å². The molecule has 0 spiro atoms. The third-order valence-corrected chi connectivity index (χ3v) is 3.55. The average Bonchev–Trinajstić information content (AvgIpc) is 2.86. The third kappa shape index (κ3) is 3.59. The van der Waals surface area contributed by atoms with Gasteiger partial charge < -0.3 is 10.1 Å². The molecule has 1 N–H and O–H groups in total. The number of ether oxygens (including phenoxy) is 1. The molecule has 0 unspecified atom stereocenters. The van der Waals surface area contributed by atoms with Crippen molar-refractivity contribution in [1.29, 1.82) is 0 Å². The van der Waals surface area contributed by atoms with E-state index in [0.29, 0.717) is 13.2 Å². The van der Waals surface area contributed by atoms with Crippen molar-refractivity contribution >= 4 is 15.9 Å². The number of methoxy groups -OCH3 is 1. The summed E-state index contributed by atoms with van der Waals surface area (Å²) in [5.41, 5.74) is 2.11. The number of nitrogens with zero attached hydrogens (tertiary/aromatic N) is 4. The Balaban J connectivity index is 2.12. The number of halogens is 1. The van der Waals surface area contributed by atoms with Crippen molar-refractivity contribution in [2.45, 2.75) is 13.5 Å². The van der Waals surface area contributed by atoms with Gasteiger partial charge in [-0.15, -0.1) is 5.10 Å². The molecule has 0 aliphatic heterocycles. The van der Waals surface area contributed by atoms with Crippen molar-refractivity contribution < 1.29 is 4.74 Å². The number of benzene rings is 1. The number of hydrogen-bond donors (Lipinski definition) is 1. The lowest BCUT2D eigenvalue weighted by Crippen LogP contribution is -2.21. The van der Waals surface area contributed by atoms with Gasteiger partial charge in [0, 0.05) is 18.1 Å². The Labute approximate surface area is 120 Å². The fourth-order valence-electron chi connectivity index (χ4n) is 1.60. The number of nitrogens with one attached hydrogen (secondary N) is 1. The van der Waals surface area contributed by atoms with Crippen LogP contribution in [-0.2, 0) is 11.3 Å². The molecular formula is C12H16BrN5O. The first kappa shape index (κ1) is 14.1. The minimum absolute atomic E-state index is 0.599. The lowest BCUT2D eigenvalue weighted by atomic mass is 10.2. The maximum Gasteiger partial charge on any atom is 0.170 e. The summed E-state index contributed by atoms with van der Waals surface area (Å²) in [6.45, 7) is 4.07. The van der Waals surface area contributed by atoms with Crippen LogP contribution in [0.15, 0.2) is 22.7 Å². The summed E-state index contributed by atoms with van der Waals surface area (Å²) < 4.78 is 7.74. The first-order valence-electron chi connectivity index (χ1n) is 5.96. The van der Waals surface area contributed by atoms with Crippen LogP contribution in [0.3, 0.4) is 0 Å². The van der Waals surface area contributed by atoms with Crippen LogP contribution in [0, 0.1) is 6.92 Å². The Morgan fingerprint density at radius 2 is 2.26 bits per heavy atom. The van der Waals surface area contributed by atoms with Gasteiger partial charge in [0.25, 0.3) is 0 Å². The zero-order valence-electron chi connectivity index (χ0n) is 10.9. The minimum Gasteiger partial charge on any atom is -0.383 e. The summed E-state index contributed by atoms with van der Waals surface area (Å²) >= 11 is 3.52. The van der Waals surface area contributed by atoms with E-state index in [1.54, 1.807) is 11.8 Å². The Hall–Kier alpha value is -1.31. The molecule has 0 aliphatic carbocycles. The van der Waals surface area contributed by atoms with E-state index in [4.69, 9.17) is 4.74 Å². The Morgan fingerprint density at radius 1 is 1.42 bits per heavy atom. The largest absolute Gasteiger partial charge is 0.383 e. The molecule has 1 aromatic heterocycles. The summed E-state index contributed by atoms with van der Waals surface area (Å²) in [5, 5.41) is 15.0. The van der Waals surface area contributed by atoms with Crippen LogP contribution in [-0.4, -0.2) is 40.5 Å². The summed E-state index contributed by atoms with van der Waals surface area (Å²) in [4.78, 5) is 0. The van der Waals surface area contributed by atoms with Crippen LogP contribution in [0.25, 0.3) is 5.69 Å². The fraction of sp³-hybridized carbons (Fsp3) is 0.417. The second kappa shape index (κ2) is 6.74. The van der Waals surface area contributed by atoms with Gasteiger partial charge in [-0.2, -0.15) is 4.68 Å². The smallest absolute Gasteiger partial charge is 0.170 e. The highest BCUT2D eigenvalue weighted by atomic mass is 79.9. The van der Waals surface area contributed by atoms with Crippen LogP contribution in [0.5, 0.6) is 0 Å². The number of aryl methyl sites for hydroxylation is 1. The maximum absolute atomic E-state index is 4.98. The van der Waals surface area contributed by atoms with E-state index in [1.165, 1.54) is 5.56 Å². The second-order valence-corrected chi connectivity index (χ2v) is 4.96. The molecular weight excluding hydrogens is 310 g/mol. The molecule has 0 saturated carbocycles. The maximum atomic E-state index is 4.98. The monoisotopic (exact) mass is 325 g/mol. The summed E-state index contributed by atoms with van der Waals surface area (Å²) in [6.07, 6.45) is 0. The van der Waals surface area contributed by atoms with Crippen LogP contribution in [0.1, 0.15) is 11.4 Å². The molecule has 0 bridgehead atoms. The second-order valence-electron chi connectivity index (χ2n) is 4.11. The lowest BCUT2D eigenvalue weighted by molar-refractivity contribution is 0.199. The highest BCUT2D eigenvalue weighted by Crippen LogP contribution is 2.19. The van der Waals surface area contributed by atoms with Crippen molar-refractivity contribution in [1.82, 2.24) is 25.5 Å². The van der Waals surface area contributed by atoms with Crippen molar-refractivity contribution in [2.75, 3.05) is 20.3 Å². The van der Waals surface area contributed by atoms with Crippen molar-refractivity contribution in [3.8, 4) is 5.69 Å².